The molecule has 1 heterocycles. The highest BCUT2D eigenvalue weighted by Crippen LogP contribution is 2.61. The summed E-state index contributed by atoms with van der Waals surface area (Å²) in [6.45, 7) is 13.2. The molecule has 0 aromatic carbocycles. The van der Waals surface area contributed by atoms with Gasteiger partial charge < -0.3 is 15.2 Å². The third kappa shape index (κ3) is 4.62. The van der Waals surface area contributed by atoms with Gasteiger partial charge in [0.25, 0.3) is 0 Å². The fraction of sp³-hybridized carbons (Fsp3) is 0.750. The van der Waals surface area contributed by atoms with Crippen LogP contribution in [0.15, 0.2) is 12.7 Å². The van der Waals surface area contributed by atoms with Crippen LogP contribution in [0, 0.1) is 10.8 Å². The van der Waals surface area contributed by atoms with E-state index in [-0.39, 0.29) is 17.4 Å². The van der Waals surface area contributed by atoms with E-state index in [1.807, 2.05) is 13.8 Å². The Morgan fingerprint density at radius 2 is 1.89 bits per heavy atom. The molecule has 2 N–H and O–H groups in total. The van der Waals surface area contributed by atoms with Crippen molar-refractivity contribution in [1.82, 2.24) is 10.2 Å². The molecule has 7 heteroatoms. The minimum atomic E-state index is -1.01. The molecule has 0 spiro atoms. The van der Waals surface area contributed by atoms with Crippen molar-refractivity contribution in [1.29, 1.82) is 0 Å². The van der Waals surface area contributed by atoms with Gasteiger partial charge in [-0.1, -0.05) is 19.9 Å². The SMILES string of the molecule is C=CCC(C)(C)C(=O)NCC[C@@]12C[C@@H](C(=O)O)N(C(=O)OC(C)(C)C)[C@@H]1C2. The van der Waals surface area contributed by atoms with E-state index < -0.39 is 29.1 Å². The fourth-order valence-electron chi connectivity index (χ4n) is 3.90. The lowest BCUT2D eigenvalue weighted by molar-refractivity contribution is -0.142. The molecule has 2 amide bonds. The maximum Gasteiger partial charge on any atom is 0.411 e. The van der Waals surface area contributed by atoms with Gasteiger partial charge in [0.05, 0.1) is 0 Å². The molecule has 2 aliphatic rings. The molecule has 152 valence electrons. The Morgan fingerprint density at radius 3 is 2.41 bits per heavy atom. The minimum absolute atomic E-state index is 0.0484. The van der Waals surface area contributed by atoms with E-state index in [1.165, 1.54) is 4.90 Å². The standard InChI is InChI=1S/C20H32N2O5/c1-7-8-19(5,6)16(25)21-10-9-20-11-13(15(23)24)22(14(20)12-20)17(26)27-18(2,3)4/h7,13-14H,1,8-12H2,2-6H3,(H,21,25)(H,23,24)/t13-,14+,20-/m0/s1. The van der Waals surface area contributed by atoms with Crippen LogP contribution in [0.4, 0.5) is 4.79 Å². The summed E-state index contributed by atoms with van der Waals surface area (Å²) < 4.78 is 5.40. The second-order valence-electron chi connectivity index (χ2n) is 9.41. The number of carbonyl (C=O) groups is 3. The maximum atomic E-state index is 12.5. The number of ether oxygens (including phenoxy) is 1. The van der Waals surface area contributed by atoms with Crippen LogP contribution < -0.4 is 5.32 Å². The summed E-state index contributed by atoms with van der Waals surface area (Å²) >= 11 is 0. The van der Waals surface area contributed by atoms with Crippen molar-refractivity contribution < 1.29 is 24.2 Å². The number of aliphatic carboxylic acids is 1. The fourth-order valence-corrected chi connectivity index (χ4v) is 3.90. The minimum Gasteiger partial charge on any atom is -0.480 e. The molecule has 1 aliphatic heterocycles. The summed E-state index contributed by atoms with van der Waals surface area (Å²) in [4.78, 5) is 37.8. The molecule has 0 bridgehead atoms. The summed E-state index contributed by atoms with van der Waals surface area (Å²) in [6, 6.07) is -1.00. The molecular weight excluding hydrogens is 348 g/mol. The first-order chi connectivity index (χ1) is 12.3. The van der Waals surface area contributed by atoms with E-state index in [4.69, 9.17) is 4.74 Å². The van der Waals surface area contributed by atoms with E-state index in [0.717, 1.165) is 6.42 Å². The Bertz CT molecular complexity index is 637. The second kappa shape index (κ2) is 7.17. The predicted octanol–water partition coefficient (Wildman–Crippen LogP) is 2.95. The molecule has 0 aromatic rings. The summed E-state index contributed by atoms with van der Waals surface area (Å²) in [6.07, 6.45) is 3.54. The zero-order chi connectivity index (χ0) is 20.6. The number of amides is 2. The van der Waals surface area contributed by atoms with Gasteiger partial charge in [0.1, 0.15) is 11.6 Å². The first-order valence-corrected chi connectivity index (χ1v) is 9.46. The largest absolute Gasteiger partial charge is 0.480 e. The van der Waals surface area contributed by atoms with Crippen molar-refractivity contribution in [2.75, 3.05) is 6.54 Å². The van der Waals surface area contributed by atoms with Gasteiger partial charge in [-0.2, -0.15) is 0 Å². The number of fused-ring (bicyclic) bond motifs is 1. The smallest absolute Gasteiger partial charge is 0.411 e. The molecule has 1 aliphatic carbocycles. The molecule has 1 saturated heterocycles. The molecule has 3 atom stereocenters. The normalized spacial score (nSPS) is 26.9. The summed E-state index contributed by atoms with van der Waals surface area (Å²) in [5, 5.41) is 12.5. The quantitative estimate of drug-likeness (QED) is 0.662. The van der Waals surface area contributed by atoms with E-state index in [0.29, 0.717) is 25.8 Å². The predicted molar refractivity (Wildman–Crippen MR) is 101 cm³/mol. The lowest BCUT2D eigenvalue weighted by Gasteiger charge is -2.28. The molecule has 7 nitrogen and oxygen atoms in total. The van der Waals surface area contributed by atoms with Gasteiger partial charge in [-0.25, -0.2) is 9.59 Å². The zero-order valence-corrected chi connectivity index (χ0v) is 17.0. The van der Waals surface area contributed by atoms with Crippen LogP contribution >= 0.6 is 0 Å². The number of nitrogens with one attached hydrogen (secondary N) is 1. The van der Waals surface area contributed by atoms with Crippen LogP contribution in [0.5, 0.6) is 0 Å². The molecule has 0 aromatic heterocycles. The van der Waals surface area contributed by atoms with Crippen LogP contribution in [0.1, 0.15) is 60.3 Å². The van der Waals surface area contributed by atoms with E-state index in [9.17, 15) is 19.5 Å². The Balaban J connectivity index is 1.98. The highest BCUT2D eigenvalue weighted by atomic mass is 16.6. The highest BCUT2D eigenvalue weighted by molar-refractivity contribution is 5.83. The highest BCUT2D eigenvalue weighted by Gasteiger charge is 2.67. The van der Waals surface area contributed by atoms with Crippen molar-refractivity contribution in [3.63, 3.8) is 0 Å². The van der Waals surface area contributed by atoms with Crippen LogP contribution in [0.25, 0.3) is 0 Å². The van der Waals surface area contributed by atoms with Crippen molar-refractivity contribution in [3.05, 3.63) is 12.7 Å². The van der Waals surface area contributed by atoms with Gasteiger partial charge in [-0.15, -0.1) is 6.58 Å². The van der Waals surface area contributed by atoms with Crippen molar-refractivity contribution >= 4 is 18.0 Å². The Kier molecular flexibility index (Phi) is 5.64. The lowest BCUT2D eigenvalue weighted by atomic mass is 9.88. The zero-order valence-electron chi connectivity index (χ0n) is 17.0. The van der Waals surface area contributed by atoms with Crippen LogP contribution in [-0.2, 0) is 14.3 Å². The van der Waals surface area contributed by atoms with Gasteiger partial charge in [0.2, 0.25) is 5.91 Å². The first-order valence-electron chi connectivity index (χ1n) is 9.46. The summed E-state index contributed by atoms with van der Waals surface area (Å²) in [5.74, 6) is -1.06. The number of likely N-dealkylation sites (tertiary alicyclic amines) is 1. The number of piperidine rings is 1. The lowest BCUT2D eigenvalue weighted by Crippen LogP contribution is -2.45. The van der Waals surface area contributed by atoms with Crippen molar-refractivity contribution in [2.24, 2.45) is 10.8 Å². The Labute approximate surface area is 161 Å². The van der Waals surface area contributed by atoms with E-state index in [2.05, 4.69) is 11.9 Å². The van der Waals surface area contributed by atoms with Crippen LogP contribution in [0.2, 0.25) is 0 Å². The Morgan fingerprint density at radius 1 is 1.26 bits per heavy atom. The second-order valence-corrected chi connectivity index (χ2v) is 9.41. The van der Waals surface area contributed by atoms with Gasteiger partial charge >= 0.3 is 12.1 Å². The Hall–Kier alpha value is -2.05. The molecule has 0 unspecified atom stereocenters. The number of carbonyl (C=O) groups excluding carboxylic acids is 2. The monoisotopic (exact) mass is 380 g/mol. The van der Waals surface area contributed by atoms with Crippen LogP contribution in [0.3, 0.4) is 0 Å². The van der Waals surface area contributed by atoms with Crippen LogP contribution in [-0.4, -0.2) is 52.2 Å². The van der Waals surface area contributed by atoms with E-state index >= 15 is 0 Å². The van der Waals surface area contributed by atoms with E-state index in [1.54, 1.807) is 26.8 Å². The van der Waals surface area contributed by atoms with Gasteiger partial charge in [-0.3, -0.25) is 9.69 Å². The number of nitrogens with zero attached hydrogens (tertiary/aromatic N) is 1. The van der Waals surface area contributed by atoms with Crippen molar-refractivity contribution in [3.8, 4) is 0 Å². The van der Waals surface area contributed by atoms with Gasteiger partial charge in [-0.05, 0) is 51.9 Å². The van der Waals surface area contributed by atoms with Gasteiger partial charge in [0.15, 0.2) is 0 Å². The molecule has 0 radical (unpaired) electrons. The molecule has 2 fully saturated rings. The number of allylic oxidation sites excluding steroid dienone is 1. The summed E-state index contributed by atoms with van der Waals surface area (Å²) in [5.41, 5.74) is -1.44. The number of carboxylic acid groups (broad SMARTS) is 1. The van der Waals surface area contributed by atoms with Gasteiger partial charge in [0, 0.05) is 18.0 Å². The number of hydrogen-bond acceptors (Lipinski definition) is 4. The first kappa shape index (κ1) is 21.3. The van der Waals surface area contributed by atoms with Crippen molar-refractivity contribution in [2.45, 2.75) is 78.0 Å². The third-order valence-electron chi connectivity index (χ3n) is 5.49. The third-order valence-corrected chi connectivity index (χ3v) is 5.49. The average Bonchev–Trinajstić information content (AvgIpc) is 3.09. The molecule has 27 heavy (non-hydrogen) atoms. The number of carboxylic acids is 1. The molecular formula is C20H32N2O5. The summed E-state index contributed by atoms with van der Waals surface area (Å²) in [7, 11) is 0. The maximum absolute atomic E-state index is 12.5. The molecule has 1 saturated carbocycles. The average molecular weight is 380 g/mol. The number of rotatable bonds is 7. The molecule has 2 rings (SSSR count). The topological polar surface area (TPSA) is 95.9 Å². The number of hydrogen-bond donors (Lipinski definition) is 2.